The third kappa shape index (κ3) is 3.80. The summed E-state index contributed by atoms with van der Waals surface area (Å²) < 4.78 is 0. The van der Waals surface area contributed by atoms with Gasteiger partial charge in [-0.15, -0.1) is 11.8 Å². The average Bonchev–Trinajstić information content (AvgIpc) is 2.85. The highest BCUT2D eigenvalue weighted by atomic mass is 32.2. The number of nitrogens with one attached hydrogen (secondary N) is 1. The van der Waals surface area contributed by atoms with Gasteiger partial charge < -0.3 is 15.5 Å². The van der Waals surface area contributed by atoms with Gasteiger partial charge in [-0.05, 0) is 24.1 Å². The number of primary amides is 1. The zero-order chi connectivity index (χ0) is 19.7. The Morgan fingerprint density at radius 1 is 1.14 bits per heavy atom. The minimum Gasteiger partial charge on any atom is -0.365 e. The molecule has 0 saturated heterocycles. The van der Waals surface area contributed by atoms with E-state index in [1.807, 2.05) is 53.1 Å². The zero-order valence-corrected chi connectivity index (χ0v) is 16.9. The maximum absolute atomic E-state index is 13.3. The first kappa shape index (κ1) is 19.0. The van der Waals surface area contributed by atoms with Crippen LogP contribution in [-0.4, -0.2) is 36.2 Å². The number of amides is 2. The van der Waals surface area contributed by atoms with Crippen molar-refractivity contribution in [3.63, 3.8) is 0 Å². The van der Waals surface area contributed by atoms with Crippen LogP contribution in [0.4, 0.5) is 5.69 Å². The van der Waals surface area contributed by atoms with Gasteiger partial charge in [0.05, 0.1) is 5.69 Å². The van der Waals surface area contributed by atoms with Crippen molar-refractivity contribution in [2.75, 3.05) is 18.0 Å². The number of para-hydroxylation sites is 1. The number of thioether (sulfide) groups is 1. The summed E-state index contributed by atoms with van der Waals surface area (Å²) in [5, 5.41) is 0.464. The fourth-order valence-corrected chi connectivity index (χ4v) is 5.30. The largest absolute Gasteiger partial charge is 0.365 e. The second kappa shape index (κ2) is 7.97. The van der Waals surface area contributed by atoms with Gasteiger partial charge in [-0.2, -0.15) is 0 Å². The molecule has 0 radical (unpaired) electrons. The van der Waals surface area contributed by atoms with Crippen molar-refractivity contribution in [3.05, 3.63) is 59.7 Å². The molecule has 2 heterocycles. The lowest BCUT2D eigenvalue weighted by atomic mass is 9.93. The van der Waals surface area contributed by atoms with Crippen LogP contribution in [0.5, 0.6) is 0 Å². The minimum atomic E-state index is -0.366. The summed E-state index contributed by atoms with van der Waals surface area (Å²) in [5.74, 6) is -0.277. The molecule has 0 saturated carbocycles. The molecule has 3 atom stereocenters. The molecule has 2 aliphatic heterocycles. The van der Waals surface area contributed by atoms with Gasteiger partial charge in [0.25, 0.3) is 11.8 Å². The molecule has 5 nitrogen and oxygen atoms in total. The average molecular weight is 397 g/mol. The van der Waals surface area contributed by atoms with Gasteiger partial charge in [0, 0.05) is 28.7 Å². The van der Waals surface area contributed by atoms with Gasteiger partial charge >= 0.3 is 0 Å². The molecule has 2 aromatic rings. The first-order valence-electron chi connectivity index (χ1n) is 9.79. The van der Waals surface area contributed by atoms with Crippen molar-refractivity contribution < 1.29 is 14.5 Å². The van der Waals surface area contributed by atoms with Crippen molar-refractivity contribution in [3.8, 4) is 0 Å². The number of benzene rings is 2. The van der Waals surface area contributed by atoms with Crippen molar-refractivity contribution in [1.29, 1.82) is 0 Å². The van der Waals surface area contributed by atoms with Gasteiger partial charge in [0.1, 0.15) is 6.54 Å². The van der Waals surface area contributed by atoms with E-state index in [2.05, 4.69) is 19.1 Å². The molecule has 2 amide bonds. The minimum absolute atomic E-state index is 0.0581. The Bertz CT molecular complexity index is 901. The summed E-state index contributed by atoms with van der Waals surface area (Å²) >= 11 is 1.82. The predicted octanol–water partition coefficient (Wildman–Crippen LogP) is 1.40. The van der Waals surface area contributed by atoms with Crippen LogP contribution >= 0.6 is 11.8 Å². The number of hydrogen-bond donors (Lipinski definition) is 2. The molecule has 28 heavy (non-hydrogen) atoms. The number of hydrogen-bond acceptors (Lipinski definition) is 3. The molecule has 0 aliphatic carbocycles. The fourth-order valence-electron chi connectivity index (χ4n) is 4.18. The van der Waals surface area contributed by atoms with E-state index >= 15 is 0 Å². The molecule has 2 aliphatic rings. The Morgan fingerprint density at radius 2 is 1.86 bits per heavy atom. The van der Waals surface area contributed by atoms with Crippen molar-refractivity contribution in [1.82, 2.24) is 0 Å². The third-order valence-corrected chi connectivity index (χ3v) is 6.96. The SMILES string of the molecule is C[C@@H]1CCN(C(=O)C[NH+]2Cc3ccccc3C[C@H]2C(N)=O)c2ccccc2S1. The lowest BCUT2D eigenvalue weighted by Crippen LogP contribution is -3.18. The maximum atomic E-state index is 13.3. The summed E-state index contributed by atoms with van der Waals surface area (Å²) in [6, 6.07) is 15.8. The van der Waals surface area contributed by atoms with Crippen molar-refractivity contribution >= 4 is 29.3 Å². The Morgan fingerprint density at radius 3 is 2.64 bits per heavy atom. The second-order valence-corrected chi connectivity index (χ2v) is 9.15. The number of carbonyl (C=O) groups excluding carboxylic acids is 2. The van der Waals surface area contributed by atoms with E-state index in [0.29, 0.717) is 24.8 Å². The highest BCUT2D eigenvalue weighted by molar-refractivity contribution is 8.00. The van der Waals surface area contributed by atoms with Crippen LogP contribution < -0.4 is 15.5 Å². The molecule has 2 aromatic carbocycles. The molecule has 4 rings (SSSR count). The number of nitrogens with two attached hydrogens (primary N) is 1. The number of rotatable bonds is 3. The molecule has 0 bridgehead atoms. The summed E-state index contributed by atoms with van der Waals surface area (Å²) in [6.07, 6.45) is 1.54. The number of carbonyl (C=O) groups is 2. The Balaban J connectivity index is 1.58. The summed E-state index contributed by atoms with van der Waals surface area (Å²) in [5.41, 5.74) is 9.04. The lowest BCUT2D eigenvalue weighted by Gasteiger charge is -2.33. The van der Waals surface area contributed by atoms with Crippen LogP contribution in [0.15, 0.2) is 53.4 Å². The van der Waals surface area contributed by atoms with Gasteiger partial charge in [0.2, 0.25) is 0 Å². The highest BCUT2D eigenvalue weighted by Gasteiger charge is 2.36. The van der Waals surface area contributed by atoms with E-state index in [4.69, 9.17) is 5.73 Å². The van der Waals surface area contributed by atoms with E-state index < -0.39 is 0 Å². The van der Waals surface area contributed by atoms with Crippen LogP contribution in [-0.2, 0) is 22.6 Å². The first-order chi connectivity index (χ1) is 13.5. The van der Waals surface area contributed by atoms with Crippen LogP contribution in [0.25, 0.3) is 0 Å². The predicted molar refractivity (Wildman–Crippen MR) is 111 cm³/mol. The van der Waals surface area contributed by atoms with E-state index in [-0.39, 0.29) is 24.4 Å². The van der Waals surface area contributed by atoms with Crippen LogP contribution in [0.2, 0.25) is 0 Å². The standard InChI is InChI=1S/C22H25N3O2S/c1-15-10-11-25(18-8-4-5-9-20(18)28-15)21(26)14-24-13-17-7-3-2-6-16(17)12-19(24)22(23)27/h2-9,15,19H,10-14H2,1H3,(H2,23,27)/p+1/t15-,19+/m1/s1. The summed E-state index contributed by atoms with van der Waals surface area (Å²) in [6.45, 7) is 3.83. The summed E-state index contributed by atoms with van der Waals surface area (Å²) in [7, 11) is 0. The van der Waals surface area contributed by atoms with Crippen LogP contribution in [0, 0.1) is 0 Å². The molecule has 3 N–H and O–H groups in total. The topological polar surface area (TPSA) is 67.8 Å². The summed E-state index contributed by atoms with van der Waals surface area (Å²) in [4.78, 5) is 29.4. The van der Waals surface area contributed by atoms with Crippen LogP contribution in [0.1, 0.15) is 24.5 Å². The van der Waals surface area contributed by atoms with E-state index in [9.17, 15) is 9.59 Å². The van der Waals surface area contributed by atoms with E-state index in [0.717, 1.165) is 27.5 Å². The molecule has 146 valence electrons. The maximum Gasteiger partial charge on any atom is 0.282 e. The Labute approximate surface area is 169 Å². The number of fused-ring (bicyclic) bond motifs is 2. The molecule has 6 heteroatoms. The quantitative estimate of drug-likeness (QED) is 0.824. The van der Waals surface area contributed by atoms with Gasteiger partial charge in [-0.1, -0.05) is 43.3 Å². The van der Waals surface area contributed by atoms with Crippen molar-refractivity contribution in [2.45, 2.75) is 42.5 Å². The number of quaternary nitrogens is 1. The van der Waals surface area contributed by atoms with Gasteiger partial charge in [0.15, 0.2) is 12.6 Å². The number of anilines is 1. The van der Waals surface area contributed by atoms with Gasteiger partial charge in [-0.25, -0.2) is 0 Å². The van der Waals surface area contributed by atoms with Crippen molar-refractivity contribution in [2.24, 2.45) is 5.73 Å². The van der Waals surface area contributed by atoms with E-state index in [1.54, 1.807) is 0 Å². The lowest BCUT2D eigenvalue weighted by molar-refractivity contribution is -0.924. The highest BCUT2D eigenvalue weighted by Crippen LogP contribution is 2.37. The van der Waals surface area contributed by atoms with Gasteiger partial charge in [-0.3, -0.25) is 9.59 Å². The molecule has 0 spiro atoms. The zero-order valence-electron chi connectivity index (χ0n) is 16.1. The fraction of sp³-hybridized carbons (Fsp3) is 0.364. The molecule has 1 unspecified atom stereocenters. The second-order valence-electron chi connectivity index (χ2n) is 7.67. The van der Waals surface area contributed by atoms with E-state index in [1.165, 1.54) is 5.56 Å². The normalized spacial score (nSPS) is 24.0. The molecule has 0 fully saturated rings. The third-order valence-electron chi connectivity index (χ3n) is 5.72. The first-order valence-corrected chi connectivity index (χ1v) is 10.7. The number of nitrogens with zero attached hydrogens (tertiary/aromatic N) is 1. The Kier molecular flexibility index (Phi) is 5.42. The Hall–Kier alpha value is -2.31. The van der Waals surface area contributed by atoms with Crippen LogP contribution in [0.3, 0.4) is 0 Å². The molecule has 0 aromatic heterocycles. The molecular formula is C22H26N3O2S+. The smallest absolute Gasteiger partial charge is 0.282 e. The molecular weight excluding hydrogens is 370 g/mol. The monoisotopic (exact) mass is 396 g/mol.